The molecule has 2 heterocycles. The summed E-state index contributed by atoms with van der Waals surface area (Å²) in [6.07, 6.45) is 0. The smallest absolute Gasteiger partial charge is 0.309 e. The van der Waals surface area contributed by atoms with E-state index in [0.717, 1.165) is 5.46 Å². The quantitative estimate of drug-likeness (QED) is 0.524. The van der Waals surface area contributed by atoms with Gasteiger partial charge in [-0.1, -0.05) is 35.8 Å². The molecule has 0 aliphatic rings. The monoisotopic (exact) mass is 377 g/mol. The number of aliphatic hydroxyl groups is 1. The summed E-state index contributed by atoms with van der Waals surface area (Å²) in [5, 5.41) is 16.1. The number of hydrogen-bond donors (Lipinski definition) is 1. The summed E-state index contributed by atoms with van der Waals surface area (Å²) in [6, 6.07) is 19.2. The van der Waals surface area contributed by atoms with Crippen molar-refractivity contribution in [2.24, 2.45) is 0 Å². The number of para-hydroxylation sites is 1. The van der Waals surface area contributed by atoms with Crippen LogP contribution in [0, 0.1) is 0 Å². The van der Waals surface area contributed by atoms with Crippen molar-refractivity contribution in [3.05, 3.63) is 60.0 Å². The Morgan fingerprint density at radius 1 is 0.926 bits per heavy atom. The third kappa shape index (κ3) is 3.20. The zero-order chi connectivity index (χ0) is 19.2. The van der Waals surface area contributed by atoms with Gasteiger partial charge in [0.1, 0.15) is 0 Å². The third-order valence-electron chi connectivity index (χ3n) is 5.54. The Morgan fingerprint density at radius 2 is 1.67 bits per heavy atom. The van der Waals surface area contributed by atoms with Crippen LogP contribution >= 0.6 is 11.3 Å². The van der Waals surface area contributed by atoms with E-state index in [-0.39, 0.29) is 0 Å². The van der Waals surface area contributed by atoms with Crippen molar-refractivity contribution in [3.63, 3.8) is 0 Å². The number of rotatable bonds is 5. The fraction of sp³-hybridized carbons (Fsp3) is 0.273. The average Bonchev–Trinajstić information content (AvgIpc) is 3.24. The molecule has 0 spiro atoms. The fourth-order valence-electron chi connectivity index (χ4n) is 3.18. The molecule has 0 amide bonds. The molecule has 2 aromatic heterocycles. The van der Waals surface area contributed by atoms with Crippen LogP contribution in [0.25, 0.3) is 26.8 Å². The van der Waals surface area contributed by atoms with Crippen LogP contribution in [0.1, 0.15) is 27.7 Å². The number of aromatic nitrogens is 1. The standard InChI is InChI=1S/C22H24BNO2S/c1-21(2,25)22(3,4)26-23-15-11-12-19-17(14-15)16-8-5-6-9-18(16)24(19)20-10-7-13-27-20/h5-14,23,25H,1-4H3. The maximum atomic E-state index is 10.3. The van der Waals surface area contributed by atoms with E-state index in [0.29, 0.717) is 7.48 Å². The van der Waals surface area contributed by atoms with Gasteiger partial charge in [-0.2, -0.15) is 0 Å². The number of nitrogens with zero attached hydrogens (tertiary/aromatic N) is 1. The lowest BCUT2D eigenvalue weighted by atomic mass is 9.82. The predicted molar refractivity (Wildman–Crippen MR) is 117 cm³/mol. The molecule has 0 aliphatic heterocycles. The van der Waals surface area contributed by atoms with Crippen molar-refractivity contribution in [1.29, 1.82) is 0 Å². The molecular formula is C22H24BNO2S. The second-order valence-electron chi connectivity index (χ2n) is 8.01. The summed E-state index contributed by atoms with van der Waals surface area (Å²) in [4.78, 5) is 0. The van der Waals surface area contributed by atoms with Crippen LogP contribution in [0.2, 0.25) is 0 Å². The molecule has 0 unspecified atom stereocenters. The highest BCUT2D eigenvalue weighted by Gasteiger charge is 2.35. The topological polar surface area (TPSA) is 34.4 Å². The van der Waals surface area contributed by atoms with Gasteiger partial charge >= 0.3 is 7.48 Å². The molecule has 3 nitrogen and oxygen atoms in total. The molecule has 0 aliphatic carbocycles. The minimum absolute atomic E-state index is 0.464. The lowest BCUT2D eigenvalue weighted by Crippen LogP contribution is -2.49. The lowest BCUT2D eigenvalue weighted by molar-refractivity contribution is -0.0893. The molecular weight excluding hydrogens is 353 g/mol. The normalized spacial score (nSPS) is 12.8. The van der Waals surface area contributed by atoms with Crippen molar-refractivity contribution in [3.8, 4) is 5.00 Å². The van der Waals surface area contributed by atoms with Gasteiger partial charge in [0.2, 0.25) is 0 Å². The molecule has 0 fully saturated rings. The average molecular weight is 377 g/mol. The Hall–Kier alpha value is -2.08. The first kappa shape index (κ1) is 18.3. The van der Waals surface area contributed by atoms with E-state index in [2.05, 4.69) is 64.5 Å². The summed E-state index contributed by atoms with van der Waals surface area (Å²) in [5.41, 5.74) is 1.97. The van der Waals surface area contributed by atoms with E-state index in [1.54, 1.807) is 25.2 Å². The summed E-state index contributed by atoms with van der Waals surface area (Å²) in [7, 11) is 0.464. The summed E-state index contributed by atoms with van der Waals surface area (Å²) in [6.45, 7) is 7.41. The van der Waals surface area contributed by atoms with Gasteiger partial charge in [0, 0.05) is 10.8 Å². The maximum Gasteiger partial charge on any atom is 0.309 e. The van der Waals surface area contributed by atoms with E-state index in [9.17, 15) is 5.11 Å². The van der Waals surface area contributed by atoms with Gasteiger partial charge in [-0.05, 0) is 57.3 Å². The minimum Gasteiger partial charge on any atom is -0.427 e. The Morgan fingerprint density at radius 3 is 2.37 bits per heavy atom. The molecule has 0 bridgehead atoms. The molecule has 138 valence electrons. The first-order chi connectivity index (χ1) is 12.8. The molecule has 0 radical (unpaired) electrons. The van der Waals surface area contributed by atoms with Crippen LogP contribution in [0.3, 0.4) is 0 Å². The number of benzene rings is 2. The van der Waals surface area contributed by atoms with Gasteiger partial charge in [-0.25, -0.2) is 0 Å². The van der Waals surface area contributed by atoms with E-state index in [1.165, 1.54) is 26.8 Å². The highest BCUT2D eigenvalue weighted by molar-refractivity contribution is 7.12. The van der Waals surface area contributed by atoms with Crippen LogP contribution in [0.4, 0.5) is 0 Å². The second-order valence-corrected chi connectivity index (χ2v) is 8.94. The largest absolute Gasteiger partial charge is 0.427 e. The molecule has 0 saturated heterocycles. The Bertz CT molecular complexity index is 1090. The molecule has 0 atom stereocenters. The number of fused-ring (bicyclic) bond motifs is 3. The van der Waals surface area contributed by atoms with Crippen molar-refractivity contribution in [1.82, 2.24) is 4.57 Å². The van der Waals surface area contributed by atoms with Crippen molar-refractivity contribution >= 4 is 46.1 Å². The predicted octanol–water partition coefficient (Wildman–Crippen LogP) is 4.39. The van der Waals surface area contributed by atoms with Gasteiger partial charge < -0.3 is 14.3 Å². The number of thiophene rings is 1. The molecule has 4 aromatic rings. The molecule has 0 saturated carbocycles. The van der Waals surface area contributed by atoms with Gasteiger partial charge in [-0.3, -0.25) is 0 Å². The van der Waals surface area contributed by atoms with Crippen molar-refractivity contribution < 1.29 is 9.76 Å². The van der Waals surface area contributed by atoms with Gasteiger partial charge in [-0.15, -0.1) is 11.3 Å². The van der Waals surface area contributed by atoms with E-state index in [4.69, 9.17) is 4.65 Å². The van der Waals surface area contributed by atoms with Crippen molar-refractivity contribution in [2.75, 3.05) is 0 Å². The van der Waals surface area contributed by atoms with Gasteiger partial charge in [0.05, 0.1) is 27.2 Å². The van der Waals surface area contributed by atoms with E-state index in [1.807, 2.05) is 13.8 Å². The van der Waals surface area contributed by atoms with Gasteiger partial charge in [0.25, 0.3) is 0 Å². The van der Waals surface area contributed by atoms with Gasteiger partial charge in [0.15, 0.2) is 0 Å². The SMILES string of the molecule is CC(C)(O)C(C)(C)OBc1ccc2c(c1)c1ccccc1n2-c1cccs1. The molecule has 1 N–H and O–H groups in total. The molecule has 27 heavy (non-hydrogen) atoms. The summed E-state index contributed by atoms with van der Waals surface area (Å²) in [5.74, 6) is 0. The highest BCUT2D eigenvalue weighted by atomic mass is 32.1. The van der Waals surface area contributed by atoms with Crippen molar-refractivity contribution in [2.45, 2.75) is 38.9 Å². The zero-order valence-electron chi connectivity index (χ0n) is 16.2. The second kappa shape index (κ2) is 6.52. The molecule has 2 aromatic carbocycles. The highest BCUT2D eigenvalue weighted by Crippen LogP contribution is 2.33. The Labute approximate surface area is 164 Å². The number of hydrogen-bond acceptors (Lipinski definition) is 3. The van der Waals surface area contributed by atoms with Crippen LogP contribution < -0.4 is 5.46 Å². The first-order valence-corrected chi connectivity index (χ1v) is 10.1. The Kier molecular flexibility index (Phi) is 4.42. The maximum absolute atomic E-state index is 10.3. The van der Waals surface area contributed by atoms with E-state index < -0.39 is 11.2 Å². The third-order valence-corrected chi connectivity index (χ3v) is 6.39. The van der Waals surface area contributed by atoms with Crippen LogP contribution in [0.15, 0.2) is 60.0 Å². The van der Waals surface area contributed by atoms with Crippen LogP contribution in [-0.2, 0) is 4.65 Å². The summed E-state index contributed by atoms with van der Waals surface area (Å²) < 4.78 is 8.39. The lowest BCUT2D eigenvalue weighted by Gasteiger charge is -2.37. The van der Waals surface area contributed by atoms with Crippen LogP contribution in [0.5, 0.6) is 0 Å². The van der Waals surface area contributed by atoms with E-state index >= 15 is 0 Å². The first-order valence-electron chi connectivity index (χ1n) is 9.20. The molecule has 4 rings (SSSR count). The molecule has 5 heteroatoms. The summed E-state index contributed by atoms with van der Waals surface area (Å²) >= 11 is 1.74. The minimum atomic E-state index is -0.910. The van der Waals surface area contributed by atoms with Crippen LogP contribution in [-0.4, -0.2) is 28.4 Å². The fourth-order valence-corrected chi connectivity index (χ4v) is 3.94. The zero-order valence-corrected chi connectivity index (χ0v) is 17.0. The Balaban J connectivity index is 1.79.